The van der Waals surface area contributed by atoms with Crippen molar-refractivity contribution in [2.45, 2.75) is 20.0 Å². The van der Waals surface area contributed by atoms with Gasteiger partial charge in [-0.2, -0.15) is 0 Å². The fourth-order valence-electron chi connectivity index (χ4n) is 3.87. The van der Waals surface area contributed by atoms with Crippen molar-refractivity contribution >= 4 is 34.9 Å². The second-order valence-electron chi connectivity index (χ2n) is 8.30. The van der Waals surface area contributed by atoms with Crippen molar-refractivity contribution in [2.24, 2.45) is 0 Å². The number of piperazine rings is 1. The van der Waals surface area contributed by atoms with E-state index in [4.69, 9.17) is 4.74 Å². The number of ether oxygens (including phenoxy) is 1. The van der Waals surface area contributed by atoms with Crippen LogP contribution in [0.4, 0.5) is 5.69 Å². The van der Waals surface area contributed by atoms with E-state index < -0.39 is 0 Å². The molecule has 0 bridgehead atoms. The van der Waals surface area contributed by atoms with E-state index >= 15 is 0 Å². The zero-order valence-electron chi connectivity index (χ0n) is 19.9. The minimum Gasteiger partial charge on any atom is -0.487 e. The van der Waals surface area contributed by atoms with E-state index in [9.17, 15) is 9.59 Å². The number of anilines is 1. The summed E-state index contributed by atoms with van der Waals surface area (Å²) in [5.41, 5.74) is 2.95. The molecule has 0 unspecified atom stereocenters. The Hall–Kier alpha value is -3.65. The smallest absolute Gasteiger partial charge is 0.244 e. The van der Waals surface area contributed by atoms with Gasteiger partial charge in [0.25, 0.3) is 0 Å². The van der Waals surface area contributed by atoms with Gasteiger partial charge >= 0.3 is 0 Å². The van der Waals surface area contributed by atoms with Gasteiger partial charge in [-0.15, -0.1) is 11.3 Å². The second-order valence-corrected chi connectivity index (χ2v) is 9.36. The zero-order valence-corrected chi connectivity index (χ0v) is 20.7. The first kappa shape index (κ1) is 24.5. The number of carbonyl (C=O) groups is 2. The minimum absolute atomic E-state index is 0.0714. The van der Waals surface area contributed by atoms with Crippen molar-refractivity contribution < 1.29 is 14.3 Å². The highest BCUT2D eigenvalue weighted by Crippen LogP contribution is 2.18. The number of hydrogen-bond acceptors (Lipinski definition) is 6. The Balaban J connectivity index is 1.16. The Morgan fingerprint density at radius 3 is 2.63 bits per heavy atom. The van der Waals surface area contributed by atoms with E-state index in [-0.39, 0.29) is 11.8 Å². The van der Waals surface area contributed by atoms with Gasteiger partial charge in [-0.25, -0.2) is 4.98 Å². The molecule has 0 saturated carbocycles. The topological polar surface area (TPSA) is 74.8 Å². The third-order valence-corrected chi connectivity index (χ3v) is 6.55. The predicted molar refractivity (Wildman–Crippen MR) is 140 cm³/mol. The van der Waals surface area contributed by atoms with E-state index in [2.05, 4.69) is 27.3 Å². The average Bonchev–Trinajstić information content (AvgIpc) is 3.32. The van der Waals surface area contributed by atoms with Crippen LogP contribution in [0.3, 0.4) is 0 Å². The van der Waals surface area contributed by atoms with Crippen LogP contribution >= 0.6 is 11.3 Å². The average molecular weight is 491 g/mol. The van der Waals surface area contributed by atoms with Gasteiger partial charge in [0.05, 0.1) is 10.7 Å². The fraction of sp³-hybridized carbons (Fsp3) is 0.296. The van der Waals surface area contributed by atoms with Gasteiger partial charge in [0.1, 0.15) is 12.4 Å². The summed E-state index contributed by atoms with van der Waals surface area (Å²) in [5.74, 6) is 0.564. The molecule has 8 heteroatoms. The lowest BCUT2D eigenvalue weighted by Crippen LogP contribution is -2.49. The number of thiazole rings is 1. The van der Waals surface area contributed by atoms with Crippen LogP contribution in [-0.4, -0.2) is 54.4 Å². The SMILES string of the molecule is Cc1nc(COc2cccc(/C=C/C(=O)NCCC(=O)N3CCN(c4ccccc4)CC3)c2)cs1. The third-order valence-electron chi connectivity index (χ3n) is 5.73. The maximum atomic E-state index is 12.5. The van der Waals surface area contributed by atoms with E-state index in [0.717, 1.165) is 35.1 Å². The molecule has 3 aromatic rings. The molecule has 1 aliphatic heterocycles. The molecule has 2 heterocycles. The monoisotopic (exact) mass is 490 g/mol. The molecule has 4 rings (SSSR count). The van der Waals surface area contributed by atoms with Crippen molar-refractivity contribution in [2.75, 3.05) is 37.6 Å². The number of rotatable bonds is 9. The number of amides is 2. The van der Waals surface area contributed by atoms with Crippen LogP contribution in [0.1, 0.15) is 22.7 Å². The van der Waals surface area contributed by atoms with Crippen LogP contribution in [0.15, 0.2) is 66.1 Å². The number of nitrogens with one attached hydrogen (secondary N) is 1. The first-order valence-corrected chi connectivity index (χ1v) is 12.6. The highest BCUT2D eigenvalue weighted by Gasteiger charge is 2.20. The van der Waals surface area contributed by atoms with Crippen molar-refractivity contribution in [3.8, 4) is 5.75 Å². The Morgan fingerprint density at radius 2 is 1.89 bits per heavy atom. The normalized spacial score (nSPS) is 13.7. The van der Waals surface area contributed by atoms with Gasteiger partial charge in [-0.05, 0) is 42.8 Å². The van der Waals surface area contributed by atoms with E-state index in [0.29, 0.717) is 32.7 Å². The quantitative estimate of drug-likeness (QED) is 0.461. The first-order valence-electron chi connectivity index (χ1n) is 11.7. The second kappa shape index (κ2) is 12.2. The number of carbonyl (C=O) groups excluding carboxylic acids is 2. The molecule has 2 amide bonds. The molecule has 0 aliphatic carbocycles. The summed E-state index contributed by atoms with van der Waals surface area (Å²) in [4.78, 5) is 33.3. The van der Waals surface area contributed by atoms with Gasteiger partial charge in [-0.3, -0.25) is 9.59 Å². The van der Waals surface area contributed by atoms with Gasteiger partial charge in [0.15, 0.2) is 0 Å². The number of aromatic nitrogens is 1. The molecule has 35 heavy (non-hydrogen) atoms. The van der Waals surface area contributed by atoms with Crippen LogP contribution in [-0.2, 0) is 16.2 Å². The van der Waals surface area contributed by atoms with Crippen molar-refractivity contribution in [3.05, 3.63) is 82.3 Å². The van der Waals surface area contributed by atoms with Crippen LogP contribution in [0.2, 0.25) is 0 Å². The van der Waals surface area contributed by atoms with E-state index in [1.54, 1.807) is 17.4 Å². The summed E-state index contributed by atoms with van der Waals surface area (Å²) in [6, 6.07) is 17.8. The molecule has 1 saturated heterocycles. The Labute approximate surface area is 210 Å². The lowest BCUT2D eigenvalue weighted by Gasteiger charge is -2.36. The fourth-order valence-corrected chi connectivity index (χ4v) is 4.47. The van der Waals surface area contributed by atoms with Crippen LogP contribution in [0.25, 0.3) is 6.08 Å². The summed E-state index contributed by atoms with van der Waals surface area (Å²) < 4.78 is 5.80. The maximum Gasteiger partial charge on any atom is 0.244 e. The Bertz CT molecular complexity index is 1150. The minimum atomic E-state index is -0.226. The largest absolute Gasteiger partial charge is 0.487 e. The lowest BCUT2D eigenvalue weighted by atomic mass is 10.2. The molecule has 0 radical (unpaired) electrons. The molecule has 1 aliphatic rings. The standard InChI is InChI=1S/C27H30N4O3S/c1-21-29-23(20-35-21)19-34-25-9-5-6-22(18-25)10-11-26(32)28-13-12-27(33)31-16-14-30(15-17-31)24-7-3-2-4-8-24/h2-11,18,20H,12-17,19H2,1H3,(H,28,32)/b11-10+. The molecule has 2 aromatic carbocycles. The van der Waals surface area contributed by atoms with Crippen LogP contribution in [0, 0.1) is 6.92 Å². The molecular weight excluding hydrogens is 460 g/mol. The van der Waals surface area contributed by atoms with Crippen molar-refractivity contribution in [1.29, 1.82) is 0 Å². The zero-order chi connectivity index (χ0) is 24.5. The maximum absolute atomic E-state index is 12.5. The molecule has 182 valence electrons. The number of benzene rings is 2. The molecule has 7 nitrogen and oxygen atoms in total. The Morgan fingerprint density at radius 1 is 1.09 bits per heavy atom. The number of nitrogens with zero attached hydrogens (tertiary/aromatic N) is 3. The molecule has 0 spiro atoms. The number of aryl methyl sites for hydroxylation is 1. The van der Waals surface area contributed by atoms with Gasteiger partial charge in [0.2, 0.25) is 11.8 Å². The summed E-state index contributed by atoms with van der Waals surface area (Å²) in [5, 5.41) is 5.80. The van der Waals surface area contributed by atoms with Gasteiger partial charge < -0.3 is 19.9 Å². The van der Waals surface area contributed by atoms with Crippen LogP contribution < -0.4 is 15.0 Å². The lowest BCUT2D eigenvalue weighted by molar-refractivity contribution is -0.131. The predicted octanol–water partition coefficient (Wildman–Crippen LogP) is 3.90. The highest BCUT2D eigenvalue weighted by atomic mass is 32.1. The molecule has 1 aromatic heterocycles. The summed E-state index contributed by atoms with van der Waals surface area (Å²) in [6.07, 6.45) is 3.51. The van der Waals surface area contributed by atoms with E-state index in [1.807, 2.05) is 59.7 Å². The number of para-hydroxylation sites is 1. The molecule has 1 fully saturated rings. The van der Waals surface area contributed by atoms with E-state index in [1.165, 1.54) is 11.8 Å². The third kappa shape index (κ3) is 7.42. The highest BCUT2D eigenvalue weighted by molar-refractivity contribution is 7.09. The van der Waals surface area contributed by atoms with Crippen molar-refractivity contribution in [1.82, 2.24) is 15.2 Å². The summed E-state index contributed by atoms with van der Waals surface area (Å²) in [6.45, 7) is 5.72. The summed E-state index contributed by atoms with van der Waals surface area (Å²) >= 11 is 1.60. The van der Waals surface area contributed by atoms with Gasteiger partial charge in [0, 0.05) is 56.3 Å². The molecular formula is C27H30N4O3S. The molecule has 0 atom stereocenters. The first-order chi connectivity index (χ1) is 17.1. The van der Waals surface area contributed by atoms with Gasteiger partial charge in [-0.1, -0.05) is 30.3 Å². The Kier molecular flexibility index (Phi) is 8.51. The summed E-state index contributed by atoms with van der Waals surface area (Å²) in [7, 11) is 0. The number of hydrogen-bond donors (Lipinski definition) is 1. The molecule has 1 N–H and O–H groups in total. The van der Waals surface area contributed by atoms with Crippen molar-refractivity contribution in [3.63, 3.8) is 0 Å². The van der Waals surface area contributed by atoms with Crippen LogP contribution in [0.5, 0.6) is 5.75 Å².